The molecule has 1 aromatic heterocycles. The van der Waals surface area contributed by atoms with E-state index in [-0.39, 0.29) is 24.0 Å². The van der Waals surface area contributed by atoms with Crippen LogP contribution in [0.25, 0.3) is 0 Å². The third-order valence-electron chi connectivity index (χ3n) is 6.06. The molecule has 1 saturated heterocycles. The van der Waals surface area contributed by atoms with Crippen LogP contribution in [0.1, 0.15) is 35.9 Å². The number of nitrogens with zero attached hydrogens (tertiary/aromatic N) is 5. The lowest BCUT2D eigenvalue weighted by Gasteiger charge is -2.34. The minimum atomic E-state index is 0. The smallest absolute Gasteiger partial charge is 0.191 e. The lowest BCUT2D eigenvalue weighted by Crippen LogP contribution is -2.46. The third kappa shape index (κ3) is 8.04. The molecule has 2 heterocycles. The molecule has 0 atom stereocenters. The number of nitrogens with one attached hydrogen (secondary N) is 2. The summed E-state index contributed by atoms with van der Waals surface area (Å²) >= 11 is 0. The summed E-state index contributed by atoms with van der Waals surface area (Å²) in [4.78, 5) is 9.91. The maximum Gasteiger partial charge on any atom is 0.191 e. The van der Waals surface area contributed by atoms with E-state index in [1.165, 1.54) is 16.8 Å². The summed E-state index contributed by atoms with van der Waals surface area (Å²) in [5.74, 6) is 0.887. The van der Waals surface area contributed by atoms with E-state index in [4.69, 9.17) is 4.99 Å². The molecule has 0 aliphatic carbocycles. The summed E-state index contributed by atoms with van der Waals surface area (Å²) in [5.41, 5.74) is 4.87. The van der Waals surface area contributed by atoms with Crippen LogP contribution >= 0.6 is 24.0 Å². The minimum absolute atomic E-state index is 0. The van der Waals surface area contributed by atoms with E-state index in [0.717, 1.165) is 70.4 Å². The van der Waals surface area contributed by atoms with Gasteiger partial charge in [-0.1, -0.05) is 30.3 Å². The van der Waals surface area contributed by atoms with E-state index in [2.05, 4.69) is 76.6 Å². The van der Waals surface area contributed by atoms with Gasteiger partial charge in [0.25, 0.3) is 0 Å². The summed E-state index contributed by atoms with van der Waals surface area (Å²) in [6.07, 6.45) is 1.12. The Morgan fingerprint density at radius 1 is 1.03 bits per heavy atom. The van der Waals surface area contributed by atoms with E-state index < -0.39 is 0 Å². The van der Waals surface area contributed by atoms with Crippen molar-refractivity contribution in [1.82, 2.24) is 30.2 Å². The molecule has 1 aliphatic rings. The molecule has 1 aliphatic heterocycles. The van der Waals surface area contributed by atoms with Crippen LogP contribution in [0.3, 0.4) is 0 Å². The standard InChI is InChI=1S/C24H39N7.HI/c1-5-25-24(27-18-23-20(2)28-29(4)21(23)3)26-12-9-13-30-14-16-31(17-15-30)19-22-10-7-6-8-11-22;/h6-8,10-11H,5,9,12-19H2,1-4H3,(H2,25,26,27);1H. The van der Waals surface area contributed by atoms with Crippen molar-refractivity contribution in [2.24, 2.45) is 12.0 Å². The van der Waals surface area contributed by atoms with E-state index in [9.17, 15) is 0 Å². The Balaban J connectivity index is 0.00000363. The predicted octanol–water partition coefficient (Wildman–Crippen LogP) is 2.92. The summed E-state index contributed by atoms with van der Waals surface area (Å²) in [7, 11) is 1.99. The normalized spacial score (nSPS) is 15.4. The van der Waals surface area contributed by atoms with Gasteiger partial charge in [-0.05, 0) is 39.3 Å². The van der Waals surface area contributed by atoms with Crippen molar-refractivity contribution in [3.8, 4) is 0 Å². The van der Waals surface area contributed by atoms with Crippen LogP contribution in [0.4, 0.5) is 0 Å². The summed E-state index contributed by atoms with van der Waals surface area (Å²) < 4.78 is 1.93. The second-order valence-corrected chi connectivity index (χ2v) is 8.35. The number of halogens is 1. The highest BCUT2D eigenvalue weighted by Gasteiger charge is 2.16. The Morgan fingerprint density at radius 2 is 1.72 bits per heavy atom. The Morgan fingerprint density at radius 3 is 2.34 bits per heavy atom. The van der Waals surface area contributed by atoms with Crippen LogP contribution < -0.4 is 10.6 Å². The van der Waals surface area contributed by atoms with Crippen molar-refractivity contribution in [2.45, 2.75) is 40.3 Å². The zero-order valence-corrected chi connectivity index (χ0v) is 22.4. The molecule has 0 spiro atoms. The summed E-state index contributed by atoms with van der Waals surface area (Å²) in [5, 5.41) is 11.3. The highest BCUT2D eigenvalue weighted by Crippen LogP contribution is 2.13. The van der Waals surface area contributed by atoms with Gasteiger partial charge < -0.3 is 15.5 Å². The van der Waals surface area contributed by atoms with Crippen LogP contribution in [0.15, 0.2) is 35.3 Å². The van der Waals surface area contributed by atoms with Gasteiger partial charge in [0.05, 0.1) is 12.2 Å². The summed E-state index contributed by atoms with van der Waals surface area (Å²) in [6, 6.07) is 10.8. The van der Waals surface area contributed by atoms with Crippen molar-refractivity contribution >= 4 is 29.9 Å². The Bertz CT molecular complexity index is 826. The lowest BCUT2D eigenvalue weighted by molar-refractivity contribution is 0.126. The van der Waals surface area contributed by atoms with Crippen LogP contribution in [-0.4, -0.2) is 71.4 Å². The van der Waals surface area contributed by atoms with Gasteiger partial charge in [-0.15, -0.1) is 24.0 Å². The highest BCUT2D eigenvalue weighted by atomic mass is 127. The molecule has 8 heteroatoms. The van der Waals surface area contributed by atoms with Gasteiger partial charge in [-0.25, -0.2) is 4.99 Å². The number of rotatable bonds is 9. The van der Waals surface area contributed by atoms with E-state index in [1.54, 1.807) is 0 Å². The molecule has 0 bridgehead atoms. The predicted molar refractivity (Wildman–Crippen MR) is 144 cm³/mol. The number of hydrogen-bond donors (Lipinski definition) is 2. The molecule has 178 valence electrons. The van der Waals surface area contributed by atoms with Crippen molar-refractivity contribution in [3.05, 3.63) is 52.8 Å². The number of piperazine rings is 1. The zero-order valence-electron chi connectivity index (χ0n) is 20.1. The quantitative estimate of drug-likeness (QED) is 0.217. The van der Waals surface area contributed by atoms with Gasteiger partial charge in [0.15, 0.2) is 5.96 Å². The molecule has 1 fully saturated rings. The van der Waals surface area contributed by atoms with Crippen molar-refractivity contribution in [2.75, 3.05) is 45.8 Å². The molecule has 0 radical (unpaired) electrons. The Labute approximate surface area is 210 Å². The third-order valence-corrected chi connectivity index (χ3v) is 6.06. The first kappa shape index (κ1) is 26.6. The summed E-state index contributed by atoms with van der Waals surface area (Å²) in [6.45, 7) is 15.5. The first-order chi connectivity index (χ1) is 15.1. The number of benzene rings is 1. The first-order valence-electron chi connectivity index (χ1n) is 11.6. The van der Waals surface area contributed by atoms with E-state index >= 15 is 0 Å². The van der Waals surface area contributed by atoms with Crippen LogP contribution in [-0.2, 0) is 20.1 Å². The monoisotopic (exact) mass is 553 g/mol. The van der Waals surface area contributed by atoms with Crippen LogP contribution in [0.2, 0.25) is 0 Å². The average molecular weight is 554 g/mol. The average Bonchev–Trinajstić information content (AvgIpc) is 3.02. The van der Waals surface area contributed by atoms with Gasteiger partial charge in [0.2, 0.25) is 0 Å². The minimum Gasteiger partial charge on any atom is -0.357 e. The second-order valence-electron chi connectivity index (χ2n) is 8.35. The maximum atomic E-state index is 4.77. The van der Waals surface area contributed by atoms with E-state index in [1.807, 2.05) is 11.7 Å². The Hall–Kier alpha value is -1.65. The first-order valence-corrected chi connectivity index (χ1v) is 11.6. The number of aromatic nitrogens is 2. The maximum absolute atomic E-state index is 4.77. The van der Waals surface area contributed by atoms with Crippen molar-refractivity contribution in [3.63, 3.8) is 0 Å². The van der Waals surface area contributed by atoms with E-state index in [0.29, 0.717) is 6.54 Å². The van der Waals surface area contributed by atoms with Gasteiger partial charge in [0, 0.05) is 64.1 Å². The zero-order chi connectivity index (χ0) is 22.1. The molecule has 0 amide bonds. The topological polar surface area (TPSA) is 60.7 Å². The van der Waals surface area contributed by atoms with Crippen molar-refractivity contribution in [1.29, 1.82) is 0 Å². The molecule has 2 N–H and O–H groups in total. The van der Waals surface area contributed by atoms with Gasteiger partial charge >= 0.3 is 0 Å². The molecule has 0 saturated carbocycles. The molecule has 2 aromatic rings. The van der Waals surface area contributed by atoms with Crippen LogP contribution in [0, 0.1) is 13.8 Å². The lowest BCUT2D eigenvalue weighted by atomic mass is 10.2. The molecule has 0 unspecified atom stereocenters. The molecule has 32 heavy (non-hydrogen) atoms. The fraction of sp³-hybridized carbons (Fsp3) is 0.583. The SMILES string of the molecule is CCNC(=NCc1c(C)nn(C)c1C)NCCCN1CCN(Cc2ccccc2)CC1.I. The fourth-order valence-electron chi connectivity index (χ4n) is 4.07. The van der Waals surface area contributed by atoms with Crippen LogP contribution in [0.5, 0.6) is 0 Å². The number of aliphatic imine (C=N–C) groups is 1. The number of guanidine groups is 1. The molecular formula is C24H40IN7. The highest BCUT2D eigenvalue weighted by molar-refractivity contribution is 14.0. The molecule has 1 aromatic carbocycles. The Kier molecular flexibility index (Phi) is 11.5. The number of hydrogen-bond acceptors (Lipinski definition) is 4. The molecular weight excluding hydrogens is 513 g/mol. The van der Waals surface area contributed by atoms with Gasteiger partial charge in [-0.3, -0.25) is 9.58 Å². The second kappa shape index (κ2) is 13.8. The van der Waals surface area contributed by atoms with Gasteiger partial charge in [0.1, 0.15) is 0 Å². The number of aryl methyl sites for hydroxylation is 2. The van der Waals surface area contributed by atoms with Gasteiger partial charge in [-0.2, -0.15) is 5.10 Å². The van der Waals surface area contributed by atoms with Crippen molar-refractivity contribution < 1.29 is 0 Å². The molecule has 7 nitrogen and oxygen atoms in total. The molecule has 3 rings (SSSR count). The fourth-order valence-corrected chi connectivity index (χ4v) is 4.07. The largest absolute Gasteiger partial charge is 0.357 e.